The first-order valence-corrected chi connectivity index (χ1v) is 35.1. The largest absolute Gasteiger partial charge is 0.463 e. The summed E-state index contributed by atoms with van der Waals surface area (Å²) in [5.41, 5.74) is -4.37. The molecular weight excluding hydrogens is 1240 g/mol. The summed E-state index contributed by atoms with van der Waals surface area (Å²) in [6.07, 6.45) is 6.39. The zero-order valence-electron chi connectivity index (χ0n) is 70.2. The van der Waals surface area contributed by atoms with E-state index >= 15 is 0 Å². The highest BCUT2D eigenvalue weighted by Crippen LogP contribution is 2.29. The third kappa shape index (κ3) is 62.4. The van der Waals surface area contributed by atoms with Gasteiger partial charge in [-0.25, -0.2) is 0 Å². The Balaban J connectivity index is -0.000000156. The highest BCUT2D eigenvalue weighted by molar-refractivity contribution is 5.79. The number of rotatable bonds is 29. The molecular formula is C77H154O20. The van der Waals surface area contributed by atoms with E-state index in [1.165, 1.54) is 0 Å². The van der Waals surface area contributed by atoms with Crippen LogP contribution >= 0.6 is 0 Å². The molecule has 0 saturated heterocycles. The van der Waals surface area contributed by atoms with Crippen LogP contribution in [0.5, 0.6) is 0 Å². The SMILES string of the molecule is CCC(C)(C)C(=O)OC(C)(C)C.CCC(C)(C)C(=O)OC(C)(C)C.CCC(C)(C)C(=O)OC(C)(C)C.CCC(C)(C)C(=O)OC(C)(C)C.CCC(C)(C)C(=O)OCCOC.CCC(C)(C)C(=O)OCCOC.CCC(C)(C)C(=O)OCCOC.CCOCCOC(=O)C(C)(C)CC. The lowest BCUT2D eigenvalue weighted by Crippen LogP contribution is -2.33. The first-order chi connectivity index (χ1) is 43.4. The van der Waals surface area contributed by atoms with Crippen LogP contribution in [-0.2, 0) is 95.2 Å². The molecule has 0 aliphatic heterocycles. The lowest BCUT2D eigenvalue weighted by Gasteiger charge is -2.27. The van der Waals surface area contributed by atoms with Crippen LogP contribution in [-0.4, -0.2) is 151 Å². The van der Waals surface area contributed by atoms with Gasteiger partial charge in [-0.15, -0.1) is 0 Å². The third-order valence-corrected chi connectivity index (χ3v) is 15.3. The van der Waals surface area contributed by atoms with E-state index in [-0.39, 0.29) is 113 Å². The van der Waals surface area contributed by atoms with Gasteiger partial charge in [0.15, 0.2) is 0 Å². The van der Waals surface area contributed by atoms with Crippen molar-refractivity contribution in [2.75, 3.05) is 80.8 Å². The van der Waals surface area contributed by atoms with Crippen molar-refractivity contribution in [1.82, 2.24) is 0 Å². The first-order valence-electron chi connectivity index (χ1n) is 35.1. The zero-order chi connectivity index (χ0) is 79.1. The fourth-order valence-electron chi connectivity index (χ4n) is 4.59. The van der Waals surface area contributed by atoms with Crippen LogP contribution in [0.2, 0.25) is 0 Å². The van der Waals surface area contributed by atoms with Crippen LogP contribution in [0.15, 0.2) is 0 Å². The Hall–Kier alpha value is -4.40. The van der Waals surface area contributed by atoms with Gasteiger partial charge < -0.3 is 56.8 Å². The molecule has 0 rings (SSSR count). The number of hydrogen-bond acceptors (Lipinski definition) is 20. The molecule has 0 atom stereocenters. The number of carbonyl (C=O) groups is 8. The van der Waals surface area contributed by atoms with Gasteiger partial charge in [-0.05, 0) is 252 Å². The second kappa shape index (κ2) is 51.7. The quantitative estimate of drug-likeness (QED) is 0.0383. The van der Waals surface area contributed by atoms with Crippen molar-refractivity contribution < 1.29 is 95.2 Å². The average molecular weight is 1400 g/mol. The summed E-state index contributed by atoms with van der Waals surface area (Å²) < 4.78 is 60.3. The molecule has 0 bridgehead atoms. The zero-order valence-corrected chi connectivity index (χ0v) is 70.2. The van der Waals surface area contributed by atoms with Crippen molar-refractivity contribution in [2.45, 2.75) is 330 Å². The molecule has 20 heteroatoms. The van der Waals surface area contributed by atoms with Crippen molar-refractivity contribution in [2.24, 2.45) is 43.3 Å². The van der Waals surface area contributed by atoms with Crippen LogP contribution < -0.4 is 0 Å². The van der Waals surface area contributed by atoms with Crippen LogP contribution in [0.3, 0.4) is 0 Å². The molecule has 0 saturated carbocycles. The topological polar surface area (TPSA) is 247 Å². The van der Waals surface area contributed by atoms with Crippen LogP contribution in [0.25, 0.3) is 0 Å². The van der Waals surface area contributed by atoms with E-state index in [0.717, 1.165) is 51.4 Å². The molecule has 582 valence electrons. The molecule has 0 unspecified atom stereocenters. The monoisotopic (exact) mass is 1400 g/mol. The van der Waals surface area contributed by atoms with Gasteiger partial charge in [0.1, 0.15) is 48.8 Å². The van der Waals surface area contributed by atoms with Crippen molar-refractivity contribution >= 4 is 47.8 Å². The van der Waals surface area contributed by atoms with E-state index < -0.39 is 0 Å². The molecule has 0 spiro atoms. The fraction of sp³-hybridized carbons (Fsp3) is 0.896. The minimum atomic E-state index is -0.372. The third-order valence-electron chi connectivity index (χ3n) is 15.3. The Morgan fingerprint density at radius 2 is 0.340 bits per heavy atom. The Morgan fingerprint density at radius 3 is 0.454 bits per heavy atom. The molecule has 0 N–H and O–H groups in total. The van der Waals surface area contributed by atoms with Crippen molar-refractivity contribution in [3.8, 4) is 0 Å². The van der Waals surface area contributed by atoms with Crippen molar-refractivity contribution in [1.29, 1.82) is 0 Å². The summed E-state index contributed by atoms with van der Waals surface area (Å²) >= 11 is 0. The van der Waals surface area contributed by atoms with Gasteiger partial charge in [-0.1, -0.05) is 55.4 Å². The Morgan fingerprint density at radius 1 is 0.206 bits per heavy atom. The first kappa shape index (κ1) is 109. The van der Waals surface area contributed by atoms with E-state index in [0.29, 0.717) is 59.5 Å². The Labute approximate surface area is 594 Å². The summed E-state index contributed by atoms with van der Waals surface area (Å²) in [6.45, 7) is 74.6. The maximum absolute atomic E-state index is 11.5. The molecule has 0 aliphatic carbocycles. The van der Waals surface area contributed by atoms with Gasteiger partial charge in [-0.3, -0.25) is 38.4 Å². The second-order valence-electron chi connectivity index (χ2n) is 32.6. The van der Waals surface area contributed by atoms with E-state index in [2.05, 4.69) is 0 Å². The van der Waals surface area contributed by atoms with Crippen LogP contribution in [0, 0.1) is 43.3 Å². The van der Waals surface area contributed by atoms with Gasteiger partial charge in [0.25, 0.3) is 0 Å². The smallest absolute Gasteiger partial charge is 0.312 e. The maximum Gasteiger partial charge on any atom is 0.312 e. The highest BCUT2D eigenvalue weighted by atomic mass is 16.6. The molecule has 20 nitrogen and oxygen atoms in total. The van der Waals surface area contributed by atoms with Gasteiger partial charge in [0.05, 0.1) is 69.7 Å². The molecule has 0 aromatic rings. The lowest BCUT2D eigenvalue weighted by molar-refractivity contribution is -0.166. The lowest BCUT2D eigenvalue weighted by atomic mass is 9.90. The van der Waals surface area contributed by atoms with Crippen LogP contribution in [0.4, 0.5) is 0 Å². The molecule has 0 aromatic carbocycles. The molecule has 0 fully saturated rings. The normalized spacial score (nSPS) is 12.1. The highest BCUT2D eigenvalue weighted by Gasteiger charge is 2.35. The van der Waals surface area contributed by atoms with E-state index in [4.69, 9.17) is 56.8 Å². The summed E-state index contributed by atoms with van der Waals surface area (Å²) in [4.78, 5) is 91.2. The predicted molar refractivity (Wildman–Crippen MR) is 392 cm³/mol. The standard InChI is InChI=1S/C10H20O3.4C10H20O2.3C9H18O3/c1-5-10(3,4)9(11)13-8-7-12-6-2;4*1-7-10(5,6)8(11)12-9(2,3)4;3*1-5-9(2,3)8(10)12-7-6-11-4/h5-8H2,1-4H3;4*7H2,1-6H3;3*5-7H2,1-4H3. The minimum absolute atomic E-state index is 0.113. The Bertz CT molecular complexity index is 1880. The number of ether oxygens (including phenoxy) is 12. The number of hydrogen-bond donors (Lipinski definition) is 0. The molecule has 0 amide bonds. The molecule has 0 aromatic heterocycles. The fourth-order valence-corrected chi connectivity index (χ4v) is 4.59. The van der Waals surface area contributed by atoms with Crippen LogP contribution in [0.1, 0.15) is 308 Å². The number of esters is 8. The summed E-state index contributed by atoms with van der Waals surface area (Å²) in [6, 6.07) is 0. The van der Waals surface area contributed by atoms with E-state index in [1.807, 2.05) is 256 Å². The second-order valence-corrected chi connectivity index (χ2v) is 32.6. The summed E-state index contributed by atoms with van der Waals surface area (Å²) in [7, 11) is 4.75. The van der Waals surface area contributed by atoms with Crippen molar-refractivity contribution in [3.05, 3.63) is 0 Å². The van der Waals surface area contributed by atoms with Gasteiger partial charge >= 0.3 is 47.8 Å². The predicted octanol–water partition coefficient (Wildman–Crippen LogP) is 17.9. The summed E-state index contributed by atoms with van der Waals surface area (Å²) in [5, 5.41) is 0. The molecule has 0 aliphatic rings. The minimum Gasteiger partial charge on any atom is -0.463 e. The van der Waals surface area contributed by atoms with E-state index in [1.54, 1.807) is 21.3 Å². The Kier molecular flexibility index (Phi) is 57.9. The number of methoxy groups -OCH3 is 3. The van der Waals surface area contributed by atoms with E-state index in [9.17, 15) is 38.4 Å². The summed E-state index contributed by atoms with van der Waals surface area (Å²) in [5.74, 6) is -1.05. The molecule has 0 radical (unpaired) electrons. The average Bonchev–Trinajstić information content (AvgIpc) is 0.930. The number of carbonyl (C=O) groups excluding carboxylic acids is 8. The van der Waals surface area contributed by atoms with Gasteiger partial charge in [0.2, 0.25) is 0 Å². The van der Waals surface area contributed by atoms with Gasteiger partial charge in [0, 0.05) is 27.9 Å². The van der Waals surface area contributed by atoms with Gasteiger partial charge in [-0.2, -0.15) is 0 Å². The van der Waals surface area contributed by atoms with Crippen molar-refractivity contribution in [3.63, 3.8) is 0 Å². The maximum atomic E-state index is 11.5. The molecule has 97 heavy (non-hydrogen) atoms. The molecule has 0 heterocycles.